The molecule has 0 N–H and O–H groups in total. The van der Waals surface area contributed by atoms with Crippen molar-refractivity contribution in [2.24, 2.45) is 0 Å². The van der Waals surface area contributed by atoms with Gasteiger partial charge in [0.05, 0.1) is 5.75 Å². The first-order chi connectivity index (χ1) is 6.81. The molecule has 0 amide bonds. The lowest BCUT2D eigenvalue weighted by Crippen LogP contribution is -2.38. The third-order valence-corrected chi connectivity index (χ3v) is 6.80. The van der Waals surface area contributed by atoms with E-state index in [0.717, 1.165) is 32.0 Å². The van der Waals surface area contributed by atoms with Gasteiger partial charge in [-0.25, -0.2) is 12.7 Å². The largest absolute Gasteiger partial charge is 0.213 e. The first-order valence-electron chi connectivity index (χ1n) is 5.79. The van der Waals surface area contributed by atoms with Gasteiger partial charge >= 0.3 is 0 Å². The highest BCUT2D eigenvalue weighted by Gasteiger charge is 2.26. The molecule has 0 saturated carbocycles. The molecular formula is C10H23NO2SSi. The topological polar surface area (TPSA) is 37.4 Å². The van der Waals surface area contributed by atoms with Crippen LogP contribution >= 0.6 is 0 Å². The quantitative estimate of drug-likeness (QED) is 0.716. The van der Waals surface area contributed by atoms with E-state index in [1.54, 1.807) is 4.31 Å². The molecule has 1 fully saturated rings. The van der Waals surface area contributed by atoms with Crippen LogP contribution < -0.4 is 0 Å². The minimum Gasteiger partial charge on any atom is -0.212 e. The van der Waals surface area contributed by atoms with Crippen molar-refractivity contribution in [3.8, 4) is 0 Å². The van der Waals surface area contributed by atoms with Crippen LogP contribution in [-0.2, 0) is 10.0 Å². The Balaban J connectivity index is 2.51. The predicted octanol–water partition coefficient (Wildman–Crippen LogP) is 2.14. The van der Waals surface area contributed by atoms with Crippen LogP contribution in [0.4, 0.5) is 0 Å². The van der Waals surface area contributed by atoms with E-state index in [4.69, 9.17) is 0 Å². The van der Waals surface area contributed by atoms with Crippen molar-refractivity contribution in [3.05, 3.63) is 0 Å². The fourth-order valence-electron chi connectivity index (χ4n) is 1.71. The van der Waals surface area contributed by atoms with E-state index in [1.165, 1.54) is 6.42 Å². The first-order valence-corrected chi connectivity index (χ1v) is 11.1. The second-order valence-corrected chi connectivity index (χ2v) is 13.3. The minimum atomic E-state index is -2.95. The molecule has 0 aromatic rings. The molecule has 3 nitrogen and oxygen atoms in total. The zero-order valence-corrected chi connectivity index (χ0v) is 11.9. The Kier molecular flexibility index (Phi) is 4.37. The van der Waals surface area contributed by atoms with Crippen molar-refractivity contribution >= 4 is 18.1 Å². The first kappa shape index (κ1) is 13.2. The van der Waals surface area contributed by atoms with E-state index >= 15 is 0 Å². The van der Waals surface area contributed by atoms with Crippen LogP contribution in [-0.4, -0.2) is 39.6 Å². The molecule has 1 aliphatic heterocycles. The maximum atomic E-state index is 12.0. The van der Waals surface area contributed by atoms with Gasteiger partial charge in [0.15, 0.2) is 0 Å². The zero-order chi connectivity index (χ0) is 11.5. The molecule has 0 aromatic heterocycles. The minimum absolute atomic E-state index is 0.364. The van der Waals surface area contributed by atoms with E-state index < -0.39 is 18.1 Å². The third-order valence-electron chi connectivity index (χ3n) is 2.82. The SMILES string of the molecule is C[Si](C)(C)CCS(=O)(=O)N1CCCCC1. The van der Waals surface area contributed by atoms with Crippen molar-refractivity contribution in [1.29, 1.82) is 0 Å². The van der Waals surface area contributed by atoms with Crippen molar-refractivity contribution < 1.29 is 8.42 Å². The molecule has 1 rings (SSSR count). The van der Waals surface area contributed by atoms with Gasteiger partial charge in [-0.3, -0.25) is 0 Å². The second-order valence-electron chi connectivity index (χ2n) is 5.59. The number of hydrogen-bond acceptors (Lipinski definition) is 2. The summed E-state index contributed by atoms with van der Waals surface area (Å²) in [5.74, 6) is 0.364. The summed E-state index contributed by atoms with van der Waals surface area (Å²) in [5.41, 5.74) is 0. The third kappa shape index (κ3) is 4.65. The number of piperidine rings is 1. The Bertz CT molecular complexity index is 289. The van der Waals surface area contributed by atoms with Crippen LogP contribution in [0.2, 0.25) is 25.7 Å². The lowest BCUT2D eigenvalue weighted by atomic mass is 10.2. The standard InChI is InChI=1S/C10H23NO2SSi/c1-15(2,3)10-9-14(12,13)11-7-5-4-6-8-11/h4-10H2,1-3H3. The Morgan fingerprint density at radius 1 is 1.07 bits per heavy atom. The second kappa shape index (κ2) is 4.97. The van der Waals surface area contributed by atoms with Crippen LogP contribution in [0.1, 0.15) is 19.3 Å². The number of sulfonamides is 1. The molecule has 0 atom stereocenters. The average Bonchev–Trinajstić information content (AvgIpc) is 2.16. The fraction of sp³-hybridized carbons (Fsp3) is 1.00. The number of nitrogens with zero attached hydrogens (tertiary/aromatic N) is 1. The smallest absolute Gasteiger partial charge is 0.212 e. The normalized spacial score (nSPS) is 20.5. The van der Waals surface area contributed by atoms with Crippen LogP contribution in [0.25, 0.3) is 0 Å². The summed E-state index contributed by atoms with van der Waals surface area (Å²) >= 11 is 0. The molecule has 90 valence electrons. The molecule has 0 aliphatic carbocycles. The Morgan fingerprint density at radius 3 is 2.07 bits per heavy atom. The number of hydrogen-bond donors (Lipinski definition) is 0. The van der Waals surface area contributed by atoms with E-state index in [-0.39, 0.29) is 0 Å². The summed E-state index contributed by atoms with van der Waals surface area (Å²) < 4.78 is 25.7. The molecule has 0 aromatic carbocycles. The monoisotopic (exact) mass is 249 g/mol. The van der Waals surface area contributed by atoms with Crippen molar-refractivity contribution in [1.82, 2.24) is 4.31 Å². The van der Waals surface area contributed by atoms with Gasteiger partial charge in [-0.05, 0) is 18.9 Å². The average molecular weight is 249 g/mol. The molecule has 5 heteroatoms. The summed E-state index contributed by atoms with van der Waals surface area (Å²) in [6.07, 6.45) is 3.25. The van der Waals surface area contributed by atoms with Crippen LogP contribution in [0.3, 0.4) is 0 Å². The molecule has 15 heavy (non-hydrogen) atoms. The highest BCUT2D eigenvalue weighted by molar-refractivity contribution is 7.89. The molecule has 0 radical (unpaired) electrons. The summed E-state index contributed by atoms with van der Waals surface area (Å²) in [5, 5.41) is 0. The summed E-state index contributed by atoms with van der Waals surface area (Å²) in [4.78, 5) is 0. The molecule has 0 bridgehead atoms. The van der Waals surface area contributed by atoms with Crippen LogP contribution in [0, 0.1) is 0 Å². The van der Waals surface area contributed by atoms with Crippen molar-refractivity contribution in [2.45, 2.75) is 44.9 Å². The van der Waals surface area contributed by atoms with Gasteiger partial charge in [-0.2, -0.15) is 0 Å². The highest BCUT2D eigenvalue weighted by Crippen LogP contribution is 2.17. The summed E-state index contributed by atoms with van der Waals surface area (Å²) in [6, 6.07) is 0.881. The van der Waals surface area contributed by atoms with Gasteiger partial charge in [0, 0.05) is 21.2 Å². The molecular weight excluding hydrogens is 226 g/mol. The predicted molar refractivity (Wildman–Crippen MR) is 67.4 cm³/mol. The lowest BCUT2D eigenvalue weighted by molar-refractivity contribution is 0.347. The summed E-state index contributed by atoms with van der Waals surface area (Å²) in [7, 11) is -4.18. The Morgan fingerprint density at radius 2 is 1.60 bits per heavy atom. The maximum absolute atomic E-state index is 12.0. The maximum Gasteiger partial charge on any atom is 0.213 e. The molecule has 1 heterocycles. The molecule has 0 spiro atoms. The van der Waals surface area contributed by atoms with Gasteiger partial charge in [-0.15, -0.1) is 0 Å². The van der Waals surface area contributed by atoms with Crippen LogP contribution in [0.5, 0.6) is 0 Å². The molecule has 0 unspecified atom stereocenters. The van der Waals surface area contributed by atoms with E-state index in [0.29, 0.717) is 5.75 Å². The zero-order valence-electron chi connectivity index (χ0n) is 10.1. The Hall–Kier alpha value is 0.127. The highest BCUT2D eigenvalue weighted by atomic mass is 32.2. The van der Waals surface area contributed by atoms with Gasteiger partial charge in [0.2, 0.25) is 10.0 Å². The van der Waals surface area contributed by atoms with E-state index in [1.807, 2.05) is 0 Å². The van der Waals surface area contributed by atoms with Crippen molar-refractivity contribution in [3.63, 3.8) is 0 Å². The molecule has 1 aliphatic rings. The molecule has 1 saturated heterocycles. The van der Waals surface area contributed by atoms with E-state index in [2.05, 4.69) is 19.6 Å². The fourth-order valence-corrected chi connectivity index (χ4v) is 6.26. The van der Waals surface area contributed by atoms with Gasteiger partial charge in [0.25, 0.3) is 0 Å². The van der Waals surface area contributed by atoms with Gasteiger partial charge in [0.1, 0.15) is 0 Å². The lowest BCUT2D eigenvalue weighted by Gasteiger charge is -2.27. The van der Waals surface area contributed by atoms with Gasteiger partial charge in [-0.1, -0.05) is 26.1 Å². The number of rotatable bonds is 4. The van der Waals surface area contributed by atoms with Crippen LogP contribution in [0.15, 0.2) is 0 Å². The summed E-state index contributed by atoms with van der Waals surface area (Å²) in [6.45, 7) is 8.15. The van der Waals surface area contributed by atoms with Gasteiger partial charge < -0.3 is 0 Å². The van der Waals surface area contributed by atoms with E-state index in [9.17, 15) is 8.42 Å². The van der Waals surface area contributed by atoms with Crippen molar-refractivity contribution in [2.75, 3.05) is 18.8 Å². The Labute approximate surface area is 94.9 Å².